The van der Waals surface area contributed by atoms with Gasteiger partial charge in [0.05, 0.1) is 17.9 Å². The van der Waals surface area contributed by atoms with Crippen molar-refractivity contribution in [2.24, 2.45) is 0 Å². The van der Waals surface area contributed by atoms with E-state index in [0.29, 0.717) is 24.5 Å². The molecule has 6 nitrogen and oxygen atoms in total. The quantitative estimate of drug-likeness (QED) is 0.439. The van der Waals surface area contributed by atoms with Crippen LogP contribution in [0.3, 0.4) is 0 Å². The highest BCUT2D eigenvalue weighted by atomic mass is 16.7. The van der Waals surface area contributed by atoms with E-state index in [2.05, 4.69) is 0 Å². The zero-order valence-electron chi connectivity index (χ0n) is 12.8. The number of nitrogens with zero attached hydrogens (tertiary/aromatic N) is 1. The van der Waals surface area contributed by atoms with E-state index in [-0.39, 0.29) is 6.61 Å². The van der Waals surface area contributed by atoms with Crippen molar-refractivity contribution < 1.29 is 23.9 Å². The molecule has 116 valence electrons. The molecule has 1 aromatic rings. The van der Waals surface area contributed by atoms with Gasteiger partial charge in [-0.3, -0.25) is 9.63 Å². The SMILES string of the molecule is CCOC(=O)COc1cccc(N(C=O)OC(C)(C)C)c1. The highest BCUT2D eigenvalue weighted by Crippen LogP contribution is 2.23. The van der Waals surface area contributed by atoms with Crippen molar-refractivity contribution in [2.75, 3.05) is 18.3 Å². The normalized spacial score (nSPS) is 10.9. The van der Waals surface area contributed by atoms with Gasteiger partial charge in [0.25, 0.3) is 0 Å². The Bertz CT molecular complexity index is 481. The lowest BCUT2D eigenvalue weighted by molar-refractivity contribution is -0.145. The number of hydroxylamine groups is 1. The Labute approximate surface area is 124 Å². The molecule has 0 aliphatic heterocycles. The number of carbonyl (C=O) groups excluding carboxylic acids is 2. The largest absolute Gasteiger partial charge is 0.482 e. The van der Waals surface area contributed by atoms with Crippen LogP contribution >= 0.6 is 0 Å². The molecule has 1 aromatic carbocycles. The summed E-state index contributed by atoms with van der Waals surface area (Å²) >= 11 is 0. The van der Waals surface area contributed by atoms with Crippen LogP contribution in [0.25, 0.3) is 0 Å². The Hall–Kier alpha value is -2.08. The number of esters is 1. The number of hydrogen-bond acceptors (Lipinski definition) is 5. The molecule has 0 fully saturated rings. The van der Waals surface area contributed by atoms with Crippen molar-refractivity contribution in [1.82, 2.24) is 0 Å². The van der Waals surface area contributed by atoms with Crippen LogP contribution in [0.1, 0.15) is 27.7 Å². The molecule has 21 heavy (non-hydrogen) atoms. The summed E-state index contributed by atoms with van der Waals surface area (Å²) in [5.41, 5.74) is 0.00387. The van der Waals surface area contributed by atoms with Crippen LogP contribution in [0.4, 0.5) is 5.69 Å². The molecule has 0 saturated carbocycles. The fraction of sp³-hybridized carbons (Fsp3) is 0.467. The first-order valence-corrected chi connectivity index (χ1v) is 6.68. The van der Waals surface area contributed by atoms with Crippen molar-refractivity contribution in [3.63, 3.8) is 0 Å². The Morgan fingerprint density at radius 1 is 1.33 bits per heavy atom. The zero-order chi connectivity index (χ0) is 15.9. The molecular weight excluding hydrogens is 274 g/mol. The van der Waals surface area contributed by atoms with Crippen LogP contribution in [0.5, 0.6) is 5.75 Å². The van der Waals surface area contributed by atoms with E-state index in [9.17, 15) is 9.59 Å². The predicted octanol–water partition coefficient (Wildman–Crippen LogP) is 2.32. The van der Waals surface area contributed by atoms with Gasteiger partial charge in [0.2, 0.25) is 6.41 Å². The lowest BCUT2D eigenvalue weighted by atomic mass is 10.2. The molecule has 0 spiro atoms. The second-order valence-electron chi connectivity index (χ2n) is 5.23. The molecule has 0 aliphatic carbocycles. The smallest absolute Gasteiger partial charge is 0.344 e. The molecular formula is C15H21NO5. The summed E-state index contributed by atoms with van der Waals surface area (Å²) in [6.45, 7) is 7.36. The topological polar surface area (TPSA) is 65.1 Å². The molecule has 1 amide bonds. The van der Waals surface area contributed by atoms with E-state index in [0.717, 1.165) is 5.06 Å². The monoisotopic (exact) mass is 295 g/mol. The maximum atomic E-state index is 11.2. The van der Waals surface area contributed by atoms with E-state index in [4.69, 9.17) is 14.3 Å². The third-order valence-electron chi connectivity index (χ3n) is 2.20. The third-order valence-corrected chi connectivity index (χ3v) is 2.20. The van der Waals surface area contributed by atoms with Crippen LogP contribution in [0.15, 0.2) is 24.3 Å². The minimum atomic E-state index is -0.511. The van der Waals surface area contributed by atoms with Crippen LogP contribution in [0.2, 0.25) is 0 Å². The maximum absolute atomic E-state index is 11.2. The average molecular weight is 295 g/mol. The van der Waals surface area contributed by atoms with E-state index >= 15 is 0 Å². The van der Waals surface area contributed by atoms with E-state index in [1.165, 1.54) is 0 Å². The minimum Gasteiger partial charge on any atom is -0.482 e. The molecule has 0 aliphatic rings. The highest BCUT2D eigenvalue weighted by molar-refractivity contribution is 5.73. The summed E-state index contributed by atoms with van der Waals surface area (Å²) in [5, 5.41) is 1.12. The standard InChI is InChI=1S/C15H21NO5/c1-5-19-14(18)10-20-13-8-6-7-12(9-13)16(11-17)21-15(2,3)4/h6-9,11H,5,10H2,1-4H3. The molecule has 1 rings (SSSR count). The Morgan fingerprint density at radius 3 is 2.62 bits per heavy atom. The summed E-state index contributed by atoms with van der Waals surface area (Å²) in [4.78, 5) is 27.9. The van der Waals surface area contributed by atoms with E-state index < -0.39 is 11.6 Å². The number of rotatable bonds is 7. The Morgan fingerprint density at radius 2 is 2.05 bits per heavy atom. The Balaban J connectivity index is 2.74. The first kappa shape index (κ1) is 17.0. The molecule has 0 unspecified atom stereocenters. The minimum absolute atomic E-state index is 0.182. The van der Waals surface area contributed by atoms with Crippen molar-refractivity contribution >= 4 is 18.1 Å². The molecule has 0 N–H and O–H groups in total. The number of hydrogen-bond donors (Lipinski definition) is 0. The van der Waals surface area contributed by atoms with Crippen molar-refractivity contribution in [2.45, 2.75) is 33.3 Å². The number of amides is 1. The van der Waals surface area contributed by atoms with Crippen LogP contribution < -0.4 is 9.80 Å². The average Bonchev–Trinajstić information content (AvgIpc) is 2.42. The number of carbonyl (C=O) groups is 2. The van der Waals surface area contributed by atoms with Gasteiger partial charge in [-0.15, -0.1) is 0 Å². The summed E-state index contributed by atoms with van der Waals surface area (Å²) in [6, 6.07) is 6.71. The van der Waals surface area contributed by atoms with Crippen LogP contribution in [-0.4, -0.2) is 31.2 Å². The summed E-state index contributed by atoms with van der Waals surface area (Å²) < 4.78 is 10.1. The number of benzene rings is 1. The fourth-order valence-electron chi connectivity index (χ4n) is 1.49. The van der Waals surface area contributed by atoms with Gasteiger partial charge in [-0.2, -0.15) is 5.06 Å². The maximum Gasteiger partial charge on any atom is 0.344 e. The summed E-state index contributed by atoms with van der Waals surface area (Å²) in [6.07, 6.45) is 0.579. The molecule has 0 radical (unpaired) electrons. The first-order valence-electron chi connectivity index (χ1n) is 6.68. The molecule has 0 heterocycles. The third kappa shape index (κ3) is 6.27. The van der Waals surface area contributed by atoms with Gasteiger partial charge in [-0.1, -0.05) is 6.07 Å². The van der Waals surface area contributed by atoms with Gasteiger partial charge in [0.15, 0.2) is 6.61 Å². The molecule has 6 heteroatoms. The van der Waals surface area contributed by atoms with Gasteiger partial charge in [0.1, 0.15) is 5.75 Å². The zero-order valence-corrected chi connectivity index (χ0v) is 12.8. The van der Waals surface area contributed by atoms with E-state index in [1.54, 1.807) is 31.2 Å². The lowest BCUT2D eigenvalue weighted by Crippen LogP contribution is -2.33. The van der Waals surface area contributed by atoms with Crippen LogP contribution in [-0.2, 0) is 19.2 Å². The molecule has 0 bridgehead atoms. The first-order chi connectivity index (χ1) is 9.85. The second-order valence-corrected chi connectivity index (χ2v) is 5.23. The molecule has 0 saturated heterocycles. The van der Waals surface area contributed by atoms with Gasteiger partial charge < -0.3 is 9.47 Å². The van der Waals surface area contributed by atoms with Gasteiger partial charge >= 0.3 is 5.97 Å². The molecule has 0 atom stereocenters. The summed E-state index contributed by atoms with van der Waals surface area (Å²) in [7, 11) is 0. The van der Waals surface area contributed by atoms with Crippen molar-refractivity contribution in [1.29, 1.82) is 0 Å². The number of ether oxygens (including phenoxy) is 2. The lowest BCUT2D eigenvalue weighted by Gasteiger charge is -2.26. The number of anilines is 1. The fourth-order valence-corrected chi connectivity index (χ4v) is 1.49. The summed E-state index contributed by atoms with van der Waals surface area (Å²) in [5.74, 6) is 0.00556. The van der Waals surface area contributed by atoms with Gasteiger partial charge in [-0.25, -0.2) is 4.79 Å². The predicted molar refractivity (Wildman–Crippen MR) is 78.0 cm³/mol. The van der Waals surface area contributed by atoms with E-state index in [1.807, 2.05) is 20.8 Å². The van der Waals surface area contributed by atoms with Gasteiger partial charge in [-0.05, 0) is 39.8 Å². The van der Waals surface area contributed by atoms with Crippen molar-refractivity contribution in [3.8, 4) is 5.75 Å². The highest BCUT2D eigenvalue weighted by Gasteiger charge is 2.18. The molecule has 0 aromatic heterocycles. The Kier molecular flexibility index (Phi) is 6.17. The van der Waals surface area contributed by atoms with Gasteiger partial charge in [0, 0.05) is 6.07 Å². The van der Waals surface area contributed by atoms with Crippen molar-refractivity contribution in [3.05, 3.63) is 24.3 Å². The second kappa shape index (κ2) is 7.64. The van der Waals surface area contributed by atoms with Crippen LogP contribution in [0, 0.1) is 0 Å².